The lowest BCUT2D eigenvalue weighted by Crippen LogP contribution is -2.16. The molecule has 7 nitrogen and oxygen atoms in total. The van der Waals surface area contributed by atoms with E-state index in [1.54, 1.807) is 6.07 Å². The first-order valence-electron chi connectivity index (χ1n) is 9.51. The molecule has 1 N–H and O–H groups in total. The lowest BCUT2D eigenvalue weighted by atomic mass is 10.1. The minimum atomic E-state index is -4.94. The molecule has 0 spiro atoms. The van der Waals surface area contributed by atoms with Gasteiger partial charge in [-0.2, -0.15) is 13.2 Å². The van der Waals surface area contributed by atoms with E-state index in [1.165, 1.54) is 41.3 Å². The van der Waals surface area contributed by atoms with E-state index in [2.05, 4.69) is 25.6 Å². The molecule has 174 valence electrons. The fourth-order valence-corrected chi connectivity index (χ4v) is 3.70. The van der Waals surface area contributed by atoms with Crippen molar-refractivity contribution >= 4 is 23.4 Å². The summed E-state index contributed by atoms with van der Waals surface area (Å²) in [5.74, 6) is -2.70. The van der Waals surface area contributed by atoms with Gasteiger partial charge in [0.2, 0.25) is 0 Å². The zero-order chi connectivity index (χ0) is 24.3. The Labute approximate surface area is 193 Å². The van der Waals surface area contributed by atoms with Crippen LogP contribution in [0.2, 0.25) is 0 Å². The van der Waals surface area contributed by atoms with E-state index in [9.17, 15) is 26.7 Å². The normalized spacial score (nSPS) is 11.4. The van der Waals surface area contributed by atoms with Crippen molar-refractivity contribution in [3.8, 4) is 5.69 Å². The van der Waals surface area contributed by atoms with Gasteiger partial charge in [0.15, 0.2) is 10.9 Å². The molecule has 0 aliphatic carbocycles. The molecular weight excluding hydrogens is 479 g/mol. The Morgan fingerprint density at radius 1 is 1.03 bits per heavy atom. The summed E-state index contributed by atoms with van der Waals surface area (Å²) in [5, 5.41) is 10.5. The third-order valence-corrected chi connectivity index (χ3v) is 5.35. The van der Waals surface area contributed by atoms with Gasteiger partial charge >= 0.3 is 6.18 Å². The minimum absolute atomic E-state index is 0.106. The topological polar surface area (TPSA) is 85.6 Å². The maximum atomic E-state index is 13.6. The number of hydrogen-bond donors (Lipinski definition) is 1. The molecule has 0 saturated carbocycles. The number of halogens is 5. The van der Waals surface area contributed by atoms with Crippen molar-refractivity contribution < 1.29 is 26.7 Å². The zero-order valence-corrected chi connectivity index (χ0v) is 17.7. The predicted octanol–water partition coefficient (Wildman–Crippen LogP) is 4.90. The molecule has 0 fully saturated rings. The second-order valence-electron chi connectivity index (χ2n) is 6.74. The number of carbonyl (C=O) groups excluding carboxylic acids is 1. The monoisotopic (exact) mass is 492 g/mol. The highest BCUT2D eigenvalue weighted by Crippen LogP contribution is 2.33. The van der Waals surface area contributed by atoms with Crippen LogP contribution in [0.25, 0.3) is 5.69 Å². The van der Waals surface area contributed by atoms with Gasteiger partial charge in [-0.05, 0) is 48.5 Å². The molecule has 0 aliphatic rings. The summed E-state index contributed by atoms with van der Waals surface area (Å²) in [5.41, 5.74) is -1.32. The second-order valence-corrected chi connectivity index (χ2v) is 7.68. The smallest absolute Gasteiger partial charge is 0.321 e. The maximum Gasteiger partial charge on any atom is 0.419 e. The average molecular weight is 492 g/mol. The lowest BCUT2D eigenvalue weighted by molar-refractivity contribution is -0.139. The van der Waals surface area contributed by atoms with Gasteiger partial charge in [-0.3, -0.25) is 4.79 Å². The van der Waals surface area contributed by atoms with Crippen LogP contribution in [0.1, 0.15) is 21.7 Å². The van der Waals surface area contributed by atoms with Crippen LogP contribution in [0.4, 0.5) is 27.6 Å². The SMILES string of the molecule is O=C(Nc1ccc(F)c(C(F)(F)F)c1)c1nnn(-c2ccc(F)cc2)c1CSc1ncccn1. The van der Waals surface area contributed by atoms with Crippen molar-refractivity contribution in [2.24, 2.45) is 0 Å². The Hall–Kier alpha value is -3.87. The van der Waals surface area contributed by atoms with Crippen LogP contribution in [0.3, 0.4) is 0 Å². The number of rotatable bonds is 6. The van der Waals surface area contributed by atoms with Crippen molar-refractivity contribution in [3.05, 3.63) is 89.5 Å². The van der Waals surface area contributed by atoms with Crippen LogP contribution < -0.4 is 5.32 Å². The van der Waals surface area contributed by atoms with E-state index in [4.69, 9.17) is 0 Å². The molecule has 4 rings (SSSR count). The van der Waals surface area contributed by atoms with Gasteiger partial charge < -0.3 is 5.32 Å². The highest BCUT2D eigenvalue weighted by Gasteiger charge is 2.34. The third-order valence-electron chi connectivity index (χ3n) is 4.46. The Morgan fingerprint density at radius 2 is 1.74 bits per heavy atom. The van der Waals surface area contributed by atoms with Crippen molar-refractivity contribution in [3.63, 3.8) is 0 Å². The van der Waals surface area contributed by atoms with Crippen LogP contribution in [0.5, 0.6) is 0 Å². The number of thioether (sulfide) groups is 1. The summed E-state index contributed by atoms with van der Waals surface area (Å²) in [6, 6.07) is 8.98. The Morgan fingerprint density at radius 3 is 2.41 bits per heavy atom. The van der Waals surface area contributed by atoms with Crippen molar-refractivity contribution in [1.82, 2.24) is 25.0 Å². The molecule has 0 atom stereocenters. The number of nitrogens with zero attached hydrogens (tertiary/aromatic N) is 5. The van der Waals surface area contributed by atoms with Gasteiger partial charge in [0, 0.05) is 23.8 Å². The first-order valence-corrected chi connectivity index (χ1v) is 10.5. The Kier molecular flexibility index (Phi) is 6.54. The summed E-state index contributed by atoms with van der Waals surface area (Å²) in [6.07, 6.45) is -1.87. The average Bonchev–Trinajstić information content (AvgIpc) is 3.23. The summed E-state index contributed by atoms with van der Waals surface area (Å²) < 4.78 is 67.3. The number of nitrogens with one attached hydrogen (secondary N) is 1. The molecule has 0 unspecified atom stereocenters. The first kappa shape index (κ1) is 23.3. The lowest BCUT2D eigenvalue weighted by Gasteiger charge is -2.11. The molecule has 4 aromatic rings. The van der Waals surface area contributed by atoms with E-state index < -0.39 is 29.3 Å². The fraction of sp³-hybridized carbons (Fsp3) is 0.0952. The summed E-state index contributed by atoms with van der Waals surface area (Å²) in [4.78, 5) is 21.1. The molecule has 2 heterocycles. The Bertz CT molecular complexity index is 1310. The molecule has 34 heavy (non-hydrogen) atoms. The summed E-state index contributed by atoms with van der Waals surface area (Å²) >= 11 is 1.16. The van der Waals surface area contributed by atoms with E-state index in [0.717, 1.165) is 17.8 Å². The third kappa shape index (κ3) is 5.20. The van der Waals surface area contributed by atoms with Crippen LogP contribution in [0, 0.1) is 11.6 Å². The van der Waals surface area contributed by atoms with Crippen molar-refractivity contribution in [2.75, 3.05) is 5.32 Å². The van der Waals surface area contributed by atoms with E-state index in [0.29, 0.717) is 23.0 Å². The molecule has 1 amide bonds. The molecule has 2 aromatic carbocycles. The Balaban J connectivity index is 1.66. The van der Waals surface area contributed by atoms with E-state index >= 15 is 0 Å². The van der Waals surface area contributed by atoms with Gasteiger partial charge in [-0.15, -0.1) is 5.10 Å². The number of benzene rings is 2. The van der Waals surface area contributed by atoms with Crippen LogP contribution in [0.15, 0.2) is 66.1 Å². The second kappa shape index (κ2) is 9.55. The highest BCUT2D eigenvalue weighted by atomic mass is 32.2. The molecule has 0 aliphatic heterocycles. The molecule has 13 heteroatoms. The first-order chi connectivity index (χ1) is 16.2. The van der Waals surface area contributed by atoms with Crippen LogP contribution in [-0.4, -0.2) is 30.9 Å². The standard InChI is InChI=1S/C21H13F5N6OS/c22-12-2-5-14(6-3-12)32-17(11-34-20-27-8-1-9-28-20)18(30-31-32)19(33)29-13-4-7-16(23)15(10-13)21(24,25)26/h1-10H,11H2,(H,29,33). The van der Waals surface area contributed by atoms with Crippen molar-refractivity contribution in [1.29, 1.82) is 0 Å². The maximum absolute atomic E-state index is 13.6. The molecule has 0 bridgehead atoms. The number of aromatic nitrogens is 5. The molecule has 0 radical (unpaired) electrons. The van der Waals surface area contributed by atoms with Gasteiger partial charge in [-0.25, -0.2) is 23.4 Å². The van der Waals surface area contributed by atoms with E-state index in [1.807, 2.05) is 0 Å². The van der Waals surface area contributed by atoms with Crippen LogP contribution >= 0.6 is 11.8 Å². The summed E-state index contributed by atoms with van der Waals surface area (Å²) in [6.45, 7) is 0. The molecule has 0 saturated heterocycles. The number of carbonyl (C=O) groups is 1. The number of alkyl halides is 3. The van der Waals surface area contributed by atoms with Crippen molar-refractivity contribution in [2.45, 2.75) is 17.1 Å². The quantitative estimate of drug-likeness (QED) is 0.234. The van der Waals surface area contributed by atoms with Gasteiger partial charge in [0.1, 0.15) is 11.6 Å². The highest BCUT2D eigenvalue weighted by molar-refractivity contribution is 7.98. The number of anilines is 1. The van der Waals surface area contributed by atoms with Gasteiger partial charge in [0.25, 0.3) is 5.91 Å². The largest absolute Gasteiger partial charge is 0.419 e. The van der Waals surface area contributed by atoms with Gasteiger partial charge in [0.05, 0.1) is 16.9 Å². The zero-order valence-electron chi connectivity index (χ0n) is 16.9. The van der Waals surface area contributed by atoms with E-state index in [-0.39, 0.29) is 22.8 Å². The molecular formula is C21H13F5N6OS. The minimum Gasteiger partial charge on any atom is -0.321 e. The fourth-order valence-electron chi connectivity index (χ4n) is 2.90. The predicted molar refractivity (Wildman–Crippen MR) is 112 cm³/mol. The summed E-state index contributed by atoms with van der Waals surface area (Å²) in [7, 11) is 0. The number of amides is 1. The van der Waals surface area contributed by atoms with Crippen LogP contribution in [-0.2, 0) is 11.9 Å². The molecule has 2 aromatic heterocycles. The van der Waals surface area contributed by atoms with Gasteiger partial charge in [-0.1, -0.05) is 17.0 Å². The number of hydrogen-bond acceptors (Lipinski definition) is 6.